The highest BCUT2D eigenvalue weighted by Crippen LogP contribution is 2.18. The Bertz CT molecular complexity index is 935. The third-order valence-corrected chi connectivity index (χ3v) is 6.76. The van der Waals surface area contributed by atoms with E-state index in [4.69, 9.17) is 0 Å². The Balaban J connectivity index is 1.50. The molecule has 0 atom stereocenters. The van der Waals surface area contributed by atoms with Crippen molar-refractivity contribution in [2.45, 2.75) is 24.7 Å². The van der Waals surface area contributed by atoms with Crippen molar-refractivity contribution in [3.8, 4) is 0 Å². The Labute approximate surface area is 179 Å². The monoisotopic (exact) mass is 430 g/mol. The number of hydrogen-bond donors (Lipinski definition) is 2. The molecule has 0 aromatic heterocycles. The lowest BCUT2D eigenvalue weighted by Crippen LogP contribution is -2.44. The molecule has 0 saturated carbocycles. The summed E-state index contributed by atoms with van der Waals surface area (Å²) in [7, 11) is -1.45. The number of nitrogens with zero attached hydrogens (tertiary/aromatic N) is 2. The Morgan fingerprint density at radius 2 is 1.60 bits per heavy atom. The van der Waals surface area contributed by atoms with E-state index >= 15 is 0 Å². The lowest BCUT2D eigenvalue weighted by atomic mass is 10.1. The molecule has 2 N–H and O–H groups in total. The predicted octanol–water partition coefficient (Wildman–Crippen LogP) is 2.31. The van der Waals surface area contributed by atoms with Gasteiger partial charge in [0.2, 0.25) is 15.9 Å². The molecule has 7 nitrogen and oxygen atoms in total. The van der Waals surface area contributed by atoms with Gasteiger partial charge in [0.05, 0.1) is 4.90 Å². The topological polar surface area (TPSA) is 81.7 Å². The standard InChI is InChI=1S/C22H30N4O3S/c1-3-22(27)24-19-6-10-21(11-7-19)30(28,29)23-13-12-18-4-8-20(9-5-18)26-16-14-25(2)15-17-26/h4-11,23H,3,12-17H2,1-2H3,(H,24,27). The quantitative estimate of drug-likeness (QED) is 0.672. The maximum Gasteiger partial charge on any atom is 0.240 e. The van der Waals surface area contributed by atoms with Gasteiger partial charge in [-0.05, 0) is 55.4 Å². The first-order valence-electron chi connectivity index (χ1n) is 10.3. The minimum absolute atomic E-state index is 0.109. The SMILES string of the molecule is CCC(=O)Nc1ccc(S(=O)(=O)NCCc2ccc(N3CCN(C)CC3)cc2)cc1. The van der Waals surface area contributed by atoms with E-state index < -0.39 is 10.0 Å². The molecular weight excluding hydrogens is 400 g/mol. The number of carbonyl (C=O) groups excluding carboxylic acids is 1. The summed E-state index contributed by atoms with van der Waals surface area (Å²) >= 11 is 0. The van der Waals surface area contributed by atoms with Crippen LogP contribution < -0.4 is 14.9 Å². The van der Waals surface area contributed by atoms with Crippen LogP contribution in [0.5, 0.6) is 0 Å². The van der Waals surface area contributed by atoms with Gasteiger partial charge in [0.15, 0.2) is 0 Å². The maximum absolute atomic E-state index is 12.5. The number of piperazine rings is 1. The summed E-state index contributed by atoms with van der Waals surface area (Å²) in [5, 5.41) is 2.71. The van der Waals surface area contributed by atoms with Crippen LogP contribution in [0, 0.1) is 0 Å². The Hall–Kier alpha value is -2.42. The highest BCUT2D eigenvalue weighted by molar-refractivity contribution is 7.89. The van der Waals surface area contributed by atoms with Crippen molar-refractivity contribution in [1.82, 2.24) is 9.62 Å². The van der Waals surface area contributed by atoms with E-state index in [-0.39, 0.29) is 10.8 Å². The number of nitrogens with one attached hydrogen (secondary N) is 2. The van der Waals surface area contributed by atoms with Crippen LogP contribution in [0.15, 0.2) is 53.4 Å². The second-order valence-electron chi connectivity index (χ2n) is 7.53. The van der Waals surface area contributed by atoms with E-state index in [2.05, 4.69) is 51.2 Å². The van der Waals surface area contributed by atoms with Crippen molar-refractivity contribution in [2.75, 3.05) is 50.0 Å². The largest absolute Gasteiger partial charge is 0.369 e. The predicted molar refractivity (Wildman–Crippen MR) is 120 cm³/mol. The van der Waals surface area contributed by atoms with Crippen LogP contribution in [0.1, 0.15) is 18.9 Å². The highest BCUT2D eigenvalue weighted by atomic mass is 32.2. The Morgan fingerprint density at radius 1 is 0.967 bits per heavy atom. The number of rotatable bonds is 8. The molecule has 0 unspecified atom stereocenters. The molecule has 1 aliphatic rings. The summed E-state index contributed by atoms with van der Waals surface area (Å²) in [6.45, 7) is 6.26. The van der Waals surface area contributed by atoms with Crippen LogP contribution in [0.3, 0.4) is 0 Å². The Kier molecular flexibility index (Phi) is 7.47. The van der Waals surface area contributed by atoms with E-state index in [1.807, 2.05) is 0 Å². The second kappa shape index (κ2) is 10.1. The number of benzene rings is 2. The molecule has 2 aromatic rings. The van der Waals surface area contributed by atoms with Gasteiger partial charge in [0.25, 0.3) is 0 Å². The zero-order valence-corrected chi connectivity index (χ0v) is 18.4. The zero-order valence-electron chi connectivity index (χ0n) is 17.6. The van der Waals surface area contributed by atoms with E-state index in [9.17, 15) is 13.2 Å². The fourth-order valence-electron chi connectivity index (χ4n) is 3.32. The first-order valence-corrected chi connectivity index (χ1v) is 11.8. The molecule has 162 valence electrons. The van der Waals surface area contributed by atoms with Gasteiger partial charge < -0.3 is 15.1 Å². The molecule has 2 aromatic carbocycles. The lowest BCUT2D eigenvalue weighted by Gasteiger charge is -2.34. The molecule has 3 rings (SSSR count). The molecule has 1 amide bonds. The number of carbonyl (C=O) groups is 1. The fraction of sp³-hybridized carbons (Fsp3) is 0.409. The van der Waals surface area contributed by atoms with Gasteiger partial charge in [-0.1, -0.05) is 19.1 Å². The molecule has 0 radical (unpaired) electrons. The van der Waals surface area contributed by atoms with Crippen molar-refractivity contribution in [1.29, 1.82) is 0 Å². The fourth-order valence-corrected chi connectivity index (χ4v) is 4.35. The molecule has 8 heteroatoms. The van der Waals surface area contributed by atoms with E-state index in [1.165, 1.54) is 17.8 Å². The molecular formula is C22H30N4O3S. The number of anilines is 2. The number of hydrogen-bond acceptors (Lipinski definition) is 5. The number of amides is 1. The van der Waals surface area contributed by atoms with E-state index in [0.717, 1.165) is 31.7 Å². The summed E-state index contributed by atoms with van der Waals surface area (Å²) in [5.41, 5.74) is 2.89. The molecule has 0 bridgehead atoms. The normalized spacial score (nSPS) is 15.2. The lowest BCUT2D eigenvalue weighted by molar-refractivity contribution is -0.115. The van der Waals surface area contributed by atoms with E-state index in [0.29, 0.717) is 25.1 Å². The van der Waals surface area contributed by atoms with Gasteiger partial charge in [0, 0.05) is 50.5 Å². The first kappa shape index (κ1) is 22.3. The smallest absolute Gasteiger partial charge is 0.240 e. The van der Waals surface area contributed by atoms with Crippen molar-refractivity contribution >= 4 is 27.3 Å². The van der Waals surface area contributed by atoms with Crippen LogP contribution in [-0.2, 0) is 21.2 Å². The number of sulfonamides is 1. The molecule has 30 heavy (non-hydrogen) atoms. The highest BCUT2D eigenvalue weighted by Gasteiger charge is 2.15. The molecule has 0 spiro atoms. The average Bonchev–Trinajstić information content (AvgIpc) is 2.75. The molecule has 1 aliphatic heterocycles. The zero-order chi connectivity index (χ0) is 21.6. The summed E-state index contributed by atoms with van der Waals surface area (Å²) in [6, 6.07) is 14.5. The van der Waals surface area contributed by atoms with Crippen molar-refractivity contribution in [2.24, 2.45) is 0 Å². The summed E-state index contributed by atoms with van der Waals surface area (Å²) in [5.74, 6) is -0.109. The van der Waals surface area contributed by atoms with Crippen LogP contribution in [0.2, 0.25) is 0 Å². The van der Waals surface area contributed by atoms with Crippen LogP contribution in [0.25, 0.3) is 0 Å². The minimum Gasteiger partial charge on any atom is -0.369 e. The number of likely N-dealkylation sites (N-methyl/N-ethyl adjacent to an activating group) is 1. The minimum atomic E-state index is -3.59. The van der Waals surface area contributed by atoms with Crippen LogP contribution in [0.4, 0.5) is 11.4 Å². The van der Waals surface area contributed by atoms with Gasteiger partial charge in [-0.25, -0.2) is 13.1 Å². The van der Waals surface area contributed by atoms with Gasteiger partial charge in [-0.3, -0.25) is 4.79 Å². The van der Waals surface area contributed by atoms with Gasteiger partial charge in [-0.2, -0.15) is 0 Å². The molecule has 1 fully saturated rings. The van der Waals surface area contributed by atoms with Crippen molar-refractivity contribution in [3.05, 3.63) is 54.1 Å². The molecule has 1 heterocycles. The van der Waals surface area contributed by atoms with Gasteiger partial charge >= 0.3 is 0 Å². The van der Waals surface area contributed by atoms with Gasteiger partial charge in [-0.15, -0.1) is 0 Å². The van der Waals surface area contributed by atoms with E-state index in [1.54, 1.807) is 19.1 Å². The average molecular weight is 431 g/mol. The van der Waals surface area contributed by atoms with Gasteiger partial charge in [0.1, 0.15) is 0 Å². The molecule has 0 aliphatic carbocycles. The Morgan fingerprint density at radius 3 is 2.20 bits per heavy atom. The summed E-state index contributed by atoms with van der Waals surface area (Å²) in [6.07, 6.45) is 0.991. The third kappa shape index (κ3) is 6.04. The van der Waals surface area contributed by atoms with Crippen molar-refractivity contribution < 1.29 is 13.2 Å². The maximum atomic E-state index is 12.5. The summed E-state index contributed by atoms with van der Waals surface area (Å²) in [4.78, 5) is 16.3. The van der Waals surface area contributed by atoms with Crippen molar-refractivity contribution in [3.63, 3.8) is 0 Å². The first-order chi connectivity index (χ1) is 14.4. The molecule has 1 saturated heterocycles. The summed E-state index contributed by atoms with van der Waals surface area (Å²) < 4.78 is 27.6. The van der Waals surface area contributed by atoms with Crippen LogP contribution in [-0.4, -0.2) is 59.0 Å². The van der Waals surface area contributed by atoms with Crippen LogP contribution >= 0.6 is 0 Å². The second-order valence-corrected chi connectivity index (χ2v) is 9.30. The third-order valence-electron chi connectivity index (χ3n) is 5.28.